The second kappa shape index (κ2) is 3.61. The Hall–Kier alpha value is -2.03. The van der Waals surface area contributed by atoms with Crippen molar-refractivity contribution in [2.45, 2.75) is 6.92 Å². The Bertz CT molecular complexity index is 500. The molecule has 2 rings (SSSR count). The number of benzene rings is 1. The summed E-state index contributed by atoms with van der Waals surface area (Å²) in [5.74, 6) is 0.376. The molecule has 0 saturated heterocycles. The molecular formula is C12H10O3. The topological polar surface area (TPSA) is 50.4 Å². The van der Waals surface area contributed by atoms with Gasteiger partial charge >= 0.3 is 5.63 Å². The maximum absolute atomic E-state index is 11.0. The zero-order valence-corrected chi connectivity index (χ0v) is 8.23. The predicted molar refractivity (Wildman–Crippen MR) is 56.8 cm³/mol. The van der Waals surface area contributed by atoms with Crippen LogP contribution >= 0.6 is 0 Å². The summed E-state index contributed by atoms with van der Waals surface area (Å²) in [5, 5.41) is 9.67. The standard InChI is InChI=1S/C12H10O3/c1-8-12(9-5-3-2-4-6-9)10(13)7-11(14)15-8/h2-7,13H,1H3. The van der Waals surface area contributed by atoms with Gasteiger partial charge in [0.05, 0.1) is 11.6 Å². The molecule has 15 heavy (non-hydrogen) atoms. The molecule has 1 aromatic carbocycles. The lowest BCUT2D eigenvalue weighted by Gasteiger charge is -2.05. The van der Waals surface area contributed by atoms with Crippen LogP contribution < -0.4 is 5.63 Å². The van der Waals surface area contributed by atoms with Gasteiger partial charge in [0.15, 0.2) is 0 Å². The second-order valence-electron chi connectivity index (χ2n) is 3.25. The SMILES string of the molecule is Cc1oc(=O)cc(O)c1-c1ccccc1. The molecule has 1 N–H and O–H groups in total. The molecule has 1 heterocycles. The molecular weight excluding hydrogens is 192 g/mol. The summed E-state index contributed by atoms with van der Waals surface area (Å²) >= 11 is 0. The molecule has 0 bridgehead atoms. The monoisotopic (exact) mass is 202 g/mol. The van der Waals surface area contributed by atoms with E-state index < -0.39 is 5.63 Å². The Morgan fingerprint density at radius 3 is 2.47 bits per heavy atom. The maximum atomic E-state index is 11.0. The van der Waals surface area contributed by atoms with E-state index in [2.05, 4.69) is 0 Å². The van der Waals surface area contributed by atoms with Crippen LogP contribution in [-0.2, 0) is 0 Å². The fourth-order valence-electron chi connectivity index (χ4n) is 1.55. The highest BCUT2D eigenvalue weighted by atomic mass is 16.4. The Labute approximate surface area is 86.6 Å². The number of aromatic hydroxyl groups is 1. The molecule has 0 unspecified atom stereocenters. The highest BCUT2D eigenvalue weighted by Gasteiger charge is 2.10. The molecule has 0 aliphatic rings. The minimum Gasteiger partial charge on any atom is -0.507 e. The van der Waals surface area contributed by atoms with E-state index in [0.29, 0.717) is 11.3 Å². The van der Waals surface area contributed by atoms with Gasteiger partial charge < -0.3 is 9.52 Å². The van der Waals surface area contributed by atoms with Crippen LogP contribution in [0.15, 0.2) is 45.6 Å². The van der Waals surface area contributed by atoms with E-state index >= 15 is 0 Å². The lowest BCUT2D eigenvalue weighted by Crippen LogP contribution is -1.98. The number of hydrogen-bond acceptors (Lipinski definition) is 3. The summed E-state index contributed by atoms with van der Waals surface area (Å²) < 4.78 is 4.93. The van der Waals surface area contributed by atoms with E-state index in [4.69, 9.17) is 4.42 Å². The minimum atomic E-state index is -0.537. The molecule has 3 heteroatoms. The third-order valence-electron chi connectivity index (χ3n) is 2.18. The first-order valence-corrected chi connectivity index (χ1v) is 4.57. The van der Waals surface area contributed by atoms with Gasteiger partial charge in [0.1, 0.15) is 11.5 Å². The van der Waals surface area contributed by atoms with E-state index in [1.54, 1.807) is 6.92 Å². The lowest BCUT2D eigenvalue weighted by atomic mass is 10.0. The quantitative estimate of drug-likeness (QED) is 0.772. The van der Waals surface area contributed by atoms with E-state index in [1.807, 2.05) is 30.3 Å². The Kier molecular flexibility index (Phi) is 2.29. The van der Waals surface area contributed by atoms with Crippen molar-refractivity contribution in [3.8, 4) is 16.9 Å². The van der Waals surface area contributed by atoms with Gasteiger partial charge in [-0.2, -0.15) is 0 Å². The fourth-order valence-corrected chi connectivity index (χ4v) is 1.55. The van der Waals surface area contributed by atoms with Crippen LogP contribution in [-0.4, -0.2) is 5.11 Å². The Morgan fingerprint density at radius 2 is 1.87 bits per heavy atom. The molecule has 0 fully saturated rings. The molecule has 0 aliphatic carbocycles. The molecule has 0 amide bonds. The molecule has 0 aliphatic heterocycles. The van der Waals surface area contributed by atoms with Gasteiger partial charge in [0.25, 0.3) is 0 Å². The van der Waals surface area contributed by atoms with Crippen LogP contribution in [0.4, 0.5) is 0 Å². The molecule has 0 spiro atoms. The zero-order valence-electron chi connectivity index (χ0n) is 8.23. The zero-order chi connectivity index (χ0) is 10.8. The minimum absolute atomic E-state index is 0.0463. The molecule has 3 nitrogen and oxygen atoms in total. The average molecular weight is 202 g/mol. The summed E-state index contributed by atoms with van der Waals surface area (Å²) in [6.45, 7) is 1.66. The first-order valence-electron chi connectivity index (χ1n) is 4.57. The molecule has 0 atom stereocenters. The van der Waals surface area contributed by atoms with Crippen molar-refractivity contribution in [3.63, 3.8) is 0 Å². The highest BCUT2D eigenvalue weighted by Crippen LogP contribution is 2.30. The van der Waals surface area contributed by atoms with Gasteiger partial charge in [-0.25, -0.2) is 4.79 Å². The summed E-state index contributed by atoms with van der Waals surface area (Å²) in [4.78, 5) is 11.0. The highest BCUT2D eigenvalue weighted by molar-refractivity contribution is 5.71. The molecule has 2 aromatic rings. The van der Waals surface area contributed by atoms with Crippen LogP contribution in [0, 0.1) is 6.92 Å². The largest absolute Gasteiger partial charge is 0.507 e. The van der Waals surface area contributed by atoms with E-state index in [1.165, 1.54) is 0 Å². The van der Waals surface area contributed by atoms with Crippen LogP contribution in [0.1, 0.15) is 5.76 Å². The molecule has 0 radical (unpaired) electrons. The smallest absolute Gasteiger partial charge is 0.339 e. The van der Waals surface area contributed by atoms with Gasteiger partial charge in [-0.15, -0.1) is 0 Å². The fraction of sp³-hybridized carbons (Fsp3) is 0.0833. The van der Waals surface area contributed by atoms with Gasteiger partial charge in [-0.05, 0) is 12.5 Å². The maximum Gasteiger partial charge on any atom is 0.339 e. The van der Waals surface area contributed by atoms with Gasteiger partial charge in [0, 0.05) is 0 Å². The van der Waals surface area contributed by atoms with Crippen LogP contribution in [0.25, 0.3) is 11.1 Å². The Balaban J connectivity index is 2.69. The van der Waals surface area contributed by atoms with Crippen LogP contribution in [0.2, 0.25) is 0 Å². The van der Waals surface area contributed by atoms with E-state index in [0.717, 1.165) is 11.6 Å². The number of rotatable bonds is 1. The van der Waals surface area contributed by atoms with Crippen molar-refractivity contribution >= 4 is 0 Å². The summed E-state index contributed by atoms with van der Waals surface area (Å²) in [7, 11) is 0. The third kappa shape index (κ3) is 1.76. The van der Waals surface area contributed by atoms with E-state index in [9.17, 15) is 9.90 Å². The normalized spacial score (nSPS) is 10.2. The van der Waals surface area contributed by atoms with Crippen LogP contribution in [0.5, 0.6) is 5.75 Å². The van der Waals surface area contributed by atoms with Crippen molar-refractivity contribution in [2.24, 2.45) is 0 Å². The predicted octanol–water partition coefficient (Wildman–Crippen LogP) is 2.32. The first kappa shape index (κ1) is 9.52. The van der Waals surface area contributed by atoms with E-state index in [-0.39, 0.29) is 5.75 Å². The summed E-state index contributed by atoms with van der Waals surface area (Å²) in [6, 6.07) is 10.4. The third-order valence-corrected chi connectivity index (χ3v) is 2.18. The lowest BCUT2D eigenvalue weighted by molar-refractivity contribution is 0.438. The van der Waals surface area contributed by atoms with Gasteiger partial charge in [0.2, 0.25) is 0 Å². The first-order chi connectivity index (χ1) is 7.18. The van der Waals surface area contributed by atoms with Crippen molar-refractivity contribution in [1.82, 2.24) is 0 Å². The molecule has 1 aromatic heterocycles. The average Bonchev–Trinajstić information content (AvgIpc) is 2.17. The molecule has 0 saturated carbocycles. The van der Waals surface area contributed by atoms with Crippen molar-refractivity contribution in [3.05, 3.63) is 52.6 Å². The summed E-state index contributed by atoms with van der Waals surface area (Å²) in [5.41, 5.74) is 0.858. The van der Waals surface area contributed by atoms with Gasteiger partial charge in [-0.3, -0.25) is 0 Å². The summed E-state index contributed by atoms with van der Waals surface area (Å²) in [6.07, 6.45) is 0. The van der Waals surface area contributed by atoms with Crippen molar-refractivity contribution < 1.29 is 9.52 Å². The second-order valence-corrected chi connectivity index (χ2v) is 3.25. The number of hydrogen-bond donors (Lipinski definition) is 1. The van der Waals surface area contributed by atoms with Crippen molar-refractivity contribution in [1.29, 1.82) is 0 Å². The van der Waals surface area contributed by atoms with Crippen LogP contribution in [0.3, 0.4) is 0 Å². The molecule has 76 valence electrons. The van der Waals surface area contributed by atoms with Gasteiger partial charge in [-0.1, -0.05) is 30.3 Å². The Morgan fingerprint density at radius 1 is 1.20 bits per heavy atom. The van der Waals surface area contributed by atoms with Crippen molar-refractivity contribution in [2.75, 3.05) is 0 Å². The number of aryl methyl sites for hydroxylation is 1.